The predicted octanol–water partition coefficient (Wildman–Crippen LogP) is 4.73. The molecule has 34 heavy (non-hydrogen) atoms. The fraction of sp³-hybridized carbons (Fsp3) is 0.407. The van der Waals surface area contributed by atoms with Crippen molar-refractivity contribution in [3.05, 3.63) is 60.0 Å². The van der Waals surface area contributed by atoms with Gasteiger partial charge in [0.25, 0.3) is 5.91 Å². The Balaban J connectivity index is 1.47. The van der Waals surface area contributed by atoms with Crippen molar-refractivity contribution >= 4 is 28.2 Å². The molecule has 0 atom stereocenters. The predicted molar refractivity (Wildman–Crippen MR) is 133 cm³/mol. The first-order valence-electron chi connectivity index (χ1n) is 12.2. The number of hydrogen-bond donors (Lipinski definition) is 0. The highest BCUT2D eigenvalue weighted by Crippen LogP contribution is 2.34. The van der Waals surface area contributed by atoms with Gasteiger partial charge < -0.3 is 19.4 Å². The van der Waals surface area contributed by atoms with Crippen molar-refractivity contribution in [2.24, 2.45) is 0 Å². The zero-order valence-electron chi connectivity index (χ0n) is 19.7. The number of pyridine rings is 1. The highest BCUT2D eigenvalue weighted by molar-refractivity contribution is 6.07. The van der Waals surface area contributed by atoms with Crippen LogP contribution in [0.15, 0.2) is 48.7 Å². The Bertz CT molecular complexity index is 1170. The maximum absolute atomic E-state index is 14.3. The molecule has 2 saturated heterocycles. The Labute approximate surface area is 199 Å². The fourth-order valence-electron chi connectivity index (χ4n) is 5.08. The number of rotatable bonds is 5. The SMILES string of the molecule is CCOc1ccccc1N1CCN(c2c(C(=O)N3CCCCC3)cnc3ccc(F)cc23)CC1. The lowest BCUT2D eigenvalue weighted by Crippen LogP contribution is -2.47. The summed E-state index contributed by atoms with van der Waals surface area (Å²) in [5.74, 6) is 0.565. The molecule has 2 aromatic carbocycles. The van der Waals surface area contributed by atoms with Crippen LogP contribution in [0.25, 0.3) is 10.9 Å². The lowest BCUT2D eigenvalue weighted by atomic mass is 10.0. The highest BCUT2D eigenvalue weighted by Gasteiger charge is 2.28. The summed E-state index contributed by atoms with van der Waals surface area (Å²) in [5, 5.41) is 0.700. The molecule has 0 radical (unpaired) electrons. The average molecular weight is 463 g/mol. The minimum absolute atomic E-state index is 0.00233. The molecular weight excluding hydrogens is 431 g/mol. The second-order valence-electron chi connectivity index (χ2n) is 8.91. The third kappa shape index (κ3) is 4.39. The fourth-order valence-corrected chi connectivity index (χ4v) is 5.08. The topological polar surface area (TPSA) is 48.9 Å². The van der Waals surface area contributed by atoms with E-state index in [9.17, 15) is 9.18 Å². The van der Waals surface area contributed by atoms with E-state index in [0.717, 1.165) is 75.7 Å². The van der Waals surface area contributed by atoms with Crippen LogP contribution in [-0.2, 0) is 0 Å². The number of piperidine rings is 1. The lowest BCUT2D eigenvalue weighted by Gasteiger charge is -2.39. The summed E-state index contributed by atoms with van der Waals surface area (Å²) in [7, 11) is 0. The van der Waals surface area contributed by atoms with Crippen LogP contribution in [0.3, 0.4) is 0 Å². The lowest BCUT2D eigenvalue weighted by molar-refractivity contribution is 0.0724. The van der Waals surface area contributed by atoms with Crippen LogP contribution in [0.4, 0.5) is 15.8 Å². The summed E-state index contributed by atoms with van der Waals surface area (Å²) in [4.78, 5) is 24.5. The van der Waals surface area contributed by atoms with E-state index in [2.05, 4.69) is 20.9 Å². The van der Waals surface area contributed by atoms with Crippen LogP contribution in [-0.4, -0.2) is 61.7 Å². The Morgan fingerprint density at radius 3 is 2.47 bits per heavy atom. The first-order valence-corrected chi connectivity index (χ1v) is 12.2. The average Bonchev–Trinajstić information content (AvgIpc) is 2.89. The van der Waals surface area contributed by atoms with E-state index >= 15 is 0 Å². The summed E-state index contributed by atoms with van der Waals surface area (Å²) < 4.78 is 20.1. The van der Waals surface area contributed by atoms with Crippen LogP contribution in [0.5, 0.6) is 5.75 Å². The number of nitrogens with zero attached hydrogens (tertiary/aromatic N) is 4. The van der Waals surface area contributed by atoms with Crippen molar-refractivity contribution in [1.29, 1.82) is 0 Å². The molecule has 0 unspecified atom stereocenters. The van der Waals surface area contributed by atoms with Crippen molar-refractivity contribution in [3.63, 3.8) is 0 Å². The Morgan fingerprint density at radius 2 is 1.71 bits per heavy atom. The number of para-hydroxylation sites is 2. The van der Waals surface area contributed by atoms with Gasteiger partial charge in [0.15, 0.2) is 0 Å². The zero-order chi connectivity index (χ0) is 23.5. The van der Waals surface area contributed by atoms with Crippen LogP contribution < -0.4 is 14.5 Å². The second-order valence-corrected chi connectivity index (χ2v) is 8.91. The molecule has 2 fully saturated rings. The molecule has 2 aliphatic rings. The molecule has 0 aliphatic carbocycles. The minimum Gasteiger partial charge on any atom is -0.492 e. The van der Waals surface area contributed by atoms with Crippen molar-refractivity contribution in [1.82, 2.24) is 9.88 Å². The van der Waals surface area contributed by atoms with Gasteiger partial charge in [0, 0.05) is 50.9 Å². The molecule has 6 nitrogen and oxygen atoms in total. The van der Waals surface area contributed by atoms with E-state index in [1.165, 1.54) is 12.1 Å². The normalized spacial score (nSPS) is 16.7. The van der Waals surface area contributed by atoms with Gasteiger partial charge in [0.1, 0.15) is 11.6 Å². The number of piperazine rings is 1. The Hall–Kier alpha value is -3.35. The van der Waals surface area contributed by atoms with Gasteiger partial charge in [0.2, 0.25) is 0 Å². The molecule has 5 rings (SSSR count). The molecule has 178 valence electrons. The molecule has 1 aromatic heterocycles. The number of anilines is 2. The number of carbonyl (C=O) groups is 1. The van der Waals surface area contributed by atoms with Gasteiger partial charge in [-0.2, -0.15) is 0 Å². The van der Waals surface area contributed by atoms with E-state index in [1.807, 2.05) is 30.0 Å². The number of hydrogen-bond acceptors (Lipinski definition) is 5. The number of amides is 1. The number of carbonyl (C=O) groups excluding carboxylic acids is 1. The molecule has 0 N–H and O–H groups in total. The number of fused-ring (bicyclic) bond motifs is 1. The van der Waals surface area contributed by atoms with Crippen molar-refractivity contribution in [2.45, 2.75) is 26.2 Å². The van der Waals surface area contributed by atoms with Gasteiger partial charge in [-0.1, -0.05) is 12.1 Å². The van der Waals surface area contributed by atoms with E-state index in [4.69, 9.17) is 4.74 Å². The van der Waals surface area contributed by atoms with E-state index in [1.54, 1.807) is 12.3 Å². The third-order valence-corrected chi connectivity index (χ3v) is 6.78. The number of ether oxygens (including phenoxy) is 1. The third-order valence-electron chi connectivity index (χ3n) is 6.78. The first kappa shape index (κ1) is 22.4. The molecule has 0 saturated carbocycles. The number of benzene rings is 2. The molecule has 3 aromatic rings. The summed E-state index contributed by atoms with van der Waals surface area (Å²) in [6.07, 6.45) is 4.88. The Morgan fingerprint density at radius 1 is 0.971 bits per heavy atom. The standard InChI is InChI=1S/C27H31FN4O2/c1-2-34-25-9-5-4-8-24(25)30-14-16-31(17-15-30)26-21-18-20(28)10-11-23(21)29-19-22(26)27(33)32-12-6-3-7-13-32/h4-5,8-11,18-19H,2-3,6-7,12-17H2,1H3. The molecule has 2 aliphatic heterocycles. The second kappa shape index (κ2) is 9.87. The molecular formula is C27H31FN4O2. The van der Waals surface area contributed by atoms with Gasteiger partial charge in [-0.05, 0) is 56.5 Å². The number of halogens is 1. The van der Waals surface area contributed by atoms with Gasteiger partial charge in [-0.25, -0.2) is 4.39 Å². The summed E-state index contributed by atoms with van der Waals surface area (Å²) in [5.41, 5.74) is 3.16. The van der Waals surface area contributed by atoms with Crippen LogP contribution in [0.1, 0.15) is 36.5 Å². The first-order chi connectivity index (χ1) is 16.7. The molecule has 1 amide bonds. The number of likely N-dealkylation sites (tertiary alicyclic amines) is 1. The quantitative estimate of drug-likeness (QED) is 0.549. The van der Waals surface area contributed by atoms with Crippen LogP contribution in [0.2, 0.25) is 0 Å². The number of aromatic nitrogens is 1. The van der Waals surface area contributed by atoms with Crippen LogP contribution >= 0.6 is 0 Å². The molecule has 0 spiro atoms. The summed E-state index contributed by atoms with van der Waals surface area (Å²) >= 11 is 0. The monoisotopic (exact) mass is 462 g/mol. The van der Waals surface area contributed by atoms with E-state index in [-0.39, 0.29) is 11.7 Å². The summed E-state index contributed by atoms with van der Waals surface area (Å²) in [6.45, 7) is 7.13. The van der Waals surface area contributed by atoms with Crippen LogP contribution in [0, 0.1) is 5.82 Å². The summed E-state index contributed by atoms with van der Waals surface area (Å²) in [6, 6.07) is 12.7. The molecule has 3 heterocycles. The van der Waals surface area contributed by atoms with Crippen molar-refractivity contribution < 1.29 is 13.9 Å². The zero-order valence-corrected chi connectivity index (χ0v) is 19.7. The van der Waals surface area contributed by atoms with Gasteiger partial charge in [-0.3, -0.25) is 9.78 Å². The van der Waals surface area contributed by atoms with Crippen molar-refractivity contribution in [3.8, 4) is 5.75 Å². The van der Waals surface area contributed by atoms with Crippen molar-refractivity contribution in [2.75, 3.05) is 55.7 Å². The largest absolute Gasteiger partial charge is 0.492 e. The highest BCUT2D eigenvalue weighted by atomic mass is 19.1. The molecule has 7 heteroatoms. The smallest absolute Gasteiger partial charge is 0.257 e. The minimum atomic E-state index is -0.317. The van der Waals surface area contributed by atoms with Gasteiger partial charge in [-0.15, -0.1) is 0 Å². The van der Waals surface area contributed by atoms with E-state index < -0.39 is 0 Å². The Kier molecular flexibility index (Phi) is 6.52. The molecule has 0 bridgehead atoms. The maximum Gasteiger partial charge on any atom is 0.257 e. The maximum atomic E-state index is 14.3. The van der Waals surface area contributed by atoms with Gasteiger partial charge in [0.05, 0.1) is 29.1 Å². The van der Waals surface area contributed by atoms with Gasteiger partial charge >= 0.3 is 0 Å². The van der Waals surface area contributed by atoms with E-state index in [0.29, 0.717) is 23.1 Å².